The Hall–Kier alpha value is -0.840. The smallest absolute Gasteiger partial charge is 0.0931 e. The van der Waals surface area contributed by atoms with Crippen LogP contribution in [0.15, 0.2) is 24.4 Å². The monoisotopic (exact) mass is 227 g/mol. The Morgan fingerprint density at radius 2 is 2.29 bits per heavy atom. The van der Waals surface area contributed by atoms with Crippen molar-refractivity contribution in [2.45, 2.75) is 13.1 Å². The second-order valence-corrected chi connectivity index (χ2v) is 4.71. The summed E-state index contributed by atoms with van der Waals surface area (Å²) in [5, 5.41) is 4.29. The molecule has 0 bridgehead atoms. The Morgan fingerprint density at radius 1 is 1.43 bits per heavy atom. The van der Waals surface area contributed by atoms with Crippen LogP contribution in [-0.4, -0.2) is 9.78 Å². The predicted octanol–water partition coefficient (Wildman–Crippen LogP) is 2.10. The van der Waals surface area contributed by atoms with Crippen molar-refractivity contribution in [1.29, 1.82) is 0 Å². The minimum Gasteiger partial charge on any atom is -0.325 e. The third kappa shape index (κ3) is 2.15. The van der Waals surface area contributed by atoms with E-state index in [0.717, 1.165) is 16.6 Å². The molecular weight excluding hydrogens is 218 g/mol. The lowest BCUT2D eigenvalue weighted by Gasteiger charge is -1.97. The average molecular weight is 228 g/mol. The van der Waals surface area contributed by atoms with Crippen LogP contribution in [0.1, 0.15) is 10.6 Å². The minimum atomic E-state index is 0.484. The maximum atomic E-state index is 5.83. The van der Waals surface area contributed by atoms with Gasteiger partial charge < -0.3 is 5.73 Å². The van der Waals surface area contributed by atoms with E-state index in [1.54, 1.807) is 11.3 Å². The van der Waals surface area contributed by atoms with Crippen molar-refractivity contribution in [2.24, 2.45) is 5.73 Å². The van der Waals surface area contributed by atoms with E-state index < -0.39 is 0 Å². The predicted molar refractivity (Wildman–Crippen MR) is 58.5 cm³/mol. The van der Waals surface area contributed by atoms with Gasteiger partial charge in [-0.3, -0.25) is 4.68 Å². The maximum absolute atomic E-state index is 5.83. The molecular formula is C9H10ClN3S. The van der Waals surface area contributed by atoms with Crippen LogP contribution in [0, 0.1) is 0 Å². The molecule has 0 aliphatic heterocycles. The number of aromatic nitrogens is 2. The van der Waals surface area contributed by atoms with Gasteiger partial charge in [0.25, 0.3) is 0 Å². The number of hydrogen-bond donors (Lipinski definition) is 1. The third-order valence-corrected chi connectivity index (χ3v) is 3.07. The van der Waals surface area contributed by atoms with E-state index >= 15 is 0 Å². The Kier molecular flexibility index (Phi) is 2.86. The molecule has 74 valence electrons. The highest BCUT2D eigenvalue weighted by molar-refractivity contribution is 7.16. The second kappa shape index (κ2) is 4.13. The van der Waals surface area contributed by atoms with Crippen LogP contribution >= 0.6 is 22.9 Å². The van der Waals surface area contributed by atoms with E-state index in [4.69, 9.17) is 17.3 Å². The van der Waals surface area contributed by atoms with Gasteiger partial charge in [-0.05, 0) is 18.2 Å². The Labute approximate surface area is 91.1 Å². The van der Waals surface area contributed by atoms with Crippen molar-refractivity contribution < 1.29 is 0 Å². The van der Waals surface area contributed by atoms with Crippen molar-refractivity contribution >= 4 is 22.9 Å². The van der Waals surface area contributed by atoms with Crippen LogP contribution in [0.25, 0.3) is 0 Å². The molecule has 0 unspecified atom stereocenters. The van der Waals surface area contributed by atoms with Gasteiger partial charge in [0.15, 0.2) is 0 Å². The first kappa shape index (κ1) is 9.71. The van der Waals surface area contributed by atoms with Gasteiger partial charge in [-0.1, -0.05) is 11.6 Å². The van der Waals surface area contributed by atoms with Gasteiger partial charge in [-0.25, -0.2) is 0 Å². The normalized spacial score (nSPS) is 10.7. The molecule has 0 saturated carbocycles. The quantitative estimate of drug-likeness (QED) is 0.873. The van der Waals surface area contributed by atoms with E-state index in [0.29, 0.717) is 6.54 Å². The van der Waals surface area contributed by atoms with Crippen LogP contribution in [0.2, 0.25) is 4.34 Å². The summed E-state index contributed by atoms with van der Waals surface area (Å²) in [7, 11) is 0. The molecule has 14 heavy (non-hydrogen) atoms. The molecule has 0 saturated heterocycles. The number of halogens is 1. The summed E-state index contributed by atoms with van der Waals surface area (Å²) >= 11 is 7.40. The summed E-state index contributed by atoms with van der Waals surface area (Å²) < 4.78 is 2.68. The molecule has 2 heterocycles. The topological polar surface area (TPSA) is 43.8 Å². The molecule has 5 heteroatoms. The maximum Gasteiger partial charge on any atom is 0.0931 e. The van der Waals surface area contributed by atoms with Crippen LogP contribution in [0.3, 0.4) is 0 Å². The highest BCUT2D eigenvalue weighted by atomic mass is 35.5. The molecule has 2 aromatic heterocycles. The molecule has 2 aromatic rings. The van der Waals surface area contributed by atoms with Crippen molar-refractivity contribution in [3.8, 4) is 0 Å². The summed E-state index contributed by atoms with van der Waals surface area (Å²) in [6.45, 7) is 1.25. The van der Waals surface area contributed by atoms with Gasteiger partial charge in [-0.15, -0.1) is 11.3 Å². The van der Waals surface area contributed by atoms with Crippen LogP contribution < -0.4 is 5.73 Å². The van der Waals surface area contributed by atoms with E-state index in [1.165, 1.54) is 4.88 Å². The standard InChI is InChI=1S/C9H10ClN3S/c10-9-2-1-8(14-9)6-13-4-3-7(5-11)12-13/h1-4H,5-6,11H2. The Morgan fingerprint density at radius 3 is 2.86 bits per heavy atom. The molecule has 2 N–H and O–H groups in total. The summed E-state index contributed by atoms with van der Waals surface area (Å²) in [4.78, 5) is 1.20. The highest BCUT2D eigenvalue weighted by Gasteiger charge is 2.00. The molecule has 2 rings (SSSR count). The fourth-order valence-electron chi connectivity index (χ4n) is 1.20. The van der Waals surface area contributed by atoms with E-state index in [9.17, 15) is 0 Å². The van der Waals surface area contributed by atoms with Gasteiger partial charge in [-0.2, -0.15) is 5.10 Å². The first-order valence-electron chi connectivity index (χ1n) is 4.24. The number of rotatable bonds is 3. The van der Waals surface area contributed by atoms with Gasteiger partial charge in [0, 0.05) is 17.6 Å². The Bertz CT molecular complexity index is 421. The van der Waals surface area contributed by atoms with Gasteiger partial charge >= 0.3 is 0 Å². The lowest BCUT2D eigenvalue weighted by atomic mass is 10.4. The molecule has 0 aliphatic rings. The second-order valence-electron chi connectivity index (χ2n) is 2.91. The molecule has 0 spiro atoms. The van der Waals surface area contributed by atoms with Crippen LogP contribution in [0.5, 0.6) is 0 Å². The molecule has 0 aromatic carbocycles. The zero-order valence-corrected chi connectivity index (χ0v) is 9.05. The zero-order chi connectivity index (χ0) is 9.97. The molecule has 0 amide bonds. The average Bonchev–Trinajstić information content (AvgIpc) is 2.76. The van der Waals surface area contributed by atoms with Crippen molar-refractivity contribution in [1.82, 2.24) is 9.78 Å². The Balaban J connectivity index is 2.10. The van der Waals surface area contributed by atoms with E-state index in [-0.39, 0.29) is 0 Å². The first-order valence-corrected chi connectivity index (χ1v) is 5.44. The molecule has 0 radical (unpaired) electrons. The number of nitrogens with two attached hydrogens (primary N) is 1. The lowest BCUT2D eigenvalue weighted by molar-refractivity contribution is 0.679. The fraction of sp³-hybridized carbons (Fsp3) is 0.222. The summed E-state index contributed by atoms with van der Waals surface area (Å²) in [6.07, 6.45) is 1.93. The number of hydrogen-bond acceptors (Lipinski definition) is 3. The molecule has 0 fully saturated rings. The number of thiophene rings is 1. The summed E-state index contributed by atoms with van der Waals surface area (Å²) in [5.74, 6) is 0. The third-order valence-electron chi connectivity index (χ3n) is 1.85. The van der Waals surface area contributed by atoms with Crippen LogP contribution in [-0.2, 0) is 13.1 Å². The van der Waals surface area contributed by atoms with Crippen molar-refractivity contribution in [3.05, 3.63) is 39.3 Å². The summed E-state index contributed by atoms with van der Waals surface area (Å²) in [5.41, 5.74) is 6.38. The van der Waals surface area contributed by atoms with Crippen molar-refractivity contribution in [3.63, 3.8) is 0 Å². The van der Waals surface area contributed by atoms with E-state index in [1.807, 2.05) is 29.1 Å². The van der Waals surface area contributed by atoms with E-state index in [2.05, 4.69) is 5.10 Å². The SMILES string of the molecule is NCc1ccn(Cc2ccc(Cl)s2)n1. The fourth-order valence-corrected chi connectivity index (χ4v) is 2.28. The highest BCUT2D eigenvalue weighted by Crippen LogP contribution is 2.21. The molecule has 3 nitrogen and oxygen atoms in total. The number of nitrogens with zero attached hydrogens (tertiary/aromatic N) is 2. The zero-order valence-electron chi connectivity index (χ0n) is 7.48. The lowest BCUT2D eigenvalue weighted by Crippen LogP contribution is -2.02. The van der Waals surface area contributed by atoms with Gasteiger partial charge in [0.2, 0.25) is 0 Å². The first-order chi connectivity index (χ1) is 6.78. The largest absolute Gasteiger partial charge is 0.325 e. The van der Waals surface area contributed by atoms with Crippen LogP contribution in [0.4, 0.5) is 0 Å². The van der Waals surface area contributed by atoms with Gasteiger partial charge in [0.05, 0.1) is 16.6 Å². The summed E-state index contributed by atoms with van der Waals surface area (Å²) in [6, 6.07) is 5.83. The van der Waals surface area contributed by atoms with Crippen molar-refractivity contribution in [2.75, 3.05) is 0 Å². The molecule has 0 aliphatic carbocycles. The minimum absolute atomic E-state index is 0.484. The van der Waals surface area contributed by atoms with Gasteiger partial charge in [0.1, 0.15) is 0 Å². The molecule has 0 atom stereocenters.